The zero-order chi connectivity index (χ0) is 22.1. The molecule has 2 N–H and O–H groups in total. The summed E-state index contributed by atoms with van der Waals surface area (Å²) in [6.45, 7) is 6.03. The number of benzene rings is 1. The fraction of sp³-hybridized carbons (Fsp3) is 0.130. The van der Waals surface area contributed by atoms with Crippen molar-refractivity contribution in [2.75, 3.05) is 0 Å². The summed E-state index contributed by atoms with van der Waals surface area (Å²) < 4.78 is 2.96. The van der Waals surface area contributed by atoms with Crippen LogP contribution in [-0.4, -0.2) is 19.9 Å². The normalized spacial score (nSPS) is 11.0. The van der Waals surface area contributed by atoms with Crippen molar-refractivity contribution in [1.29, 1.82) is 5.41 Å². The van der Waals surface area contributed by atoms with Gasteiger partial charge in [-0.05, 0) is 36.2 Å². The number of nitrogens with zero attached hydrogens (tertiary/aromatic N) is 3. The number of aromatic nitrogens is 3. The molecule has 0 aliphatic carbocycles. The van der Waals surface area contributed by atoms with E-state index in [9.17, 15) is 9.59 Å². The molecule has 3 heterocycles. The van der Waals surface area contributed by atoms with Crippen molar-refractivity contribution >= 4 is 34.2 Å². The van der Waals surface area contributed by atoms with Gasteiger partial charge in [-0.3, -0.25) is 19.4 Å². The number of halogens is 1. The van der Waals surface area contributed by atoms with Crippen molar-refractivity contribution in [3.63, 3.8) is 0 Å². The van der Waals surface area contributed by atoms with Crippen LogP contribution in [0.1, 0.15) is 21.5 Å². The van der Waals surface area contributed by atoms with Crippen LogP contribution in [0, 0.1) is 12.3 Å². The lowest BCUT2D eigenvalue weighted by Crippen LogP contribution is -2.34. The Balaban J connectivity index is 1.88. The fourth-order valence-corrected chi connectivity index (χ4v) is 3.69. The maximum atomic E-state index is 13.2. The Hall–Kier alpha value is -3.71. The van der Waals surface area contributed by atoms with Gasteiger partial charge in [0.15, 0.2) is 0 Å². The van der Waals surface area contributed by atoms with Crippen LogP contribution in [0.25, 0.3) is 16.7 Å². The molecule has 7 nitrogen and oxygen atoms in total. The Kier molecular flexibility index (Phi) is 5.44. The predicted octanol–water partition coefficient (Wildman–Crippen LogP) is 3.21. The Bertz CT molecular complexity index is 1470. The number of carbonyl (C=O) groups is 1. The second kappa shape index (κ2) is 8.20. The summed E-state index contributed by atoms with van der Waals surface area (Å²) in [5.74, 6) is -0.474. The Morgan fingerprint density at radius 3 is 2.77 bits per heavy atom. The molecule has 3 aromatic heterocycles. The summed E-state index contributed by atoms with van der Waals surface area (Å²) in [6.07, 6.45) is 3.24. The maximum Gasteiger partial charge on any atom is 0.267 e. The fourth-order valence-electron chi connectivity index (χ4n) is 3.49. The smallest absolute Gasteiger partial charge is 0.267 e. The van der Waals surface area contributed by atoms with Crippen molar-refractivity contribution in [3.05, 3.63) is 98.9 Å². The van der Waals surface area contributed by atoms with Gasteiger partial charge >= 0.3 is 0 Å². The van der Waals surface area contributed by atoms with Gasteiger partial charge in [-0.2, -0.15) is 0 Å². The molecule has 0 aliphatic heterocycles. The van der Waals surface area contributed by atoms with Gasteiger partial charge < -0.3 is 9.88 Å². The van der Waals surface area contributed by atoms with E-state index in [-0.39, 0.29) is 35.1 Å². The second-order valence-corrected chi connectivity index (χ2v) is 7.53. The van der Waals surface area contributed by atoms with Gasteiger partial charge in [-0.1, -0.05) is 41.9 Å². The van der Waals surface area contributed by atoms with Gasteiger partial charge in [0, 0.05) is 24.3 Å². The molecule has 1 amide bonds. The number of nitrogens with one attached hydrogen (secondary N) is 2. The average molecular weight is 434 g/mol. The first-order valence-electron chi connectivity index (χ1n) is 9.65. The SMILES string of the molecule is C=CCn1c(=N)c(C(=O)NCc2ccccc2Cl)cc2c(=O)n3cccc(C)c3nc21. The van der Waals surface area contributed by atoms with Crippen LogP contribution in [0.5, 0.6) is 0 Å². The van der Waals surface area contributed by atoms with Crippen LogP contribution >= 0.6 is 11.6 Å². The van der Waals surface area contributed by atoms with E-state index in [2.05, 4.69) is 16.9 Å². The molecule has 0 spiro atoms. The molecule has 0 atom stereocenters. The molecule has 31 heavy (non-hydrogen) atoms. The summed E-state index contributed by atoms with van der Waals surface area (Å²) in [4.78, 5) is 30.7. The molecular weight excluding hydrogens is 414 g/mol. The highest BCUT2D eigenvalue weighted by Crippen LogP contribution is 2.15. The van der Waals surface area contributed by atoms with Gasteiger partial charge in [0.2, 0.25) is 0 Å². The van der Waals surface area contributed by atoms with Crippen molar-refractivity contribution in [3.8, 4) is 0 Å². The summed E-state index contributed by atoms with van der Waals surface area (Å²) >= 11 is 6.16. The van der Waals surface area contributed by atoms with E-state index in [4.69, 9.17) is 17.0 Å². The van der Waals surface area contributed by atoms with Crippen molar-refractivity contribution < 1.29 is 4.79 Å². The molecule has 0 fully saturated rings. The number of hydrogen-bond donors (Lipinski definition) is 2. The first kappa shape index (κ1) is 20.6. The van der Waals surface area contributed by atoms with Crippen LogP contribution in [-0.2, 0) is 13.1 Å². The average Bonchev–Trinajstić information content (AvgIpc) is 2.76. The molecule has 4 aromatic rings. The van der Waals surface area contributed by atoms with E-state index in [1.54, 1.807) is 24.4 Å². The lowest BCUT2D eigenvalue weighted by atomic mass is 10.1. The third-order valence-corrected chi connectivity index (χ3v) is 5.46. The topological polar surface area (TPSA) is 92.2 Å². The molecule has 1 aromatic carbocycles. The van der Waals surface area contributed by atoms with Gasteiger partial charge in [0.1, 0.15) is 16.8 Å². The van der Waals surface area contributed by atoms with Gasteiger partial charge in [-0.15, -0.1) is 6.58 Å². The number of aryl methyl sites for hydroxylation is 1. The van der Waals surface area contributed by atoms with E-state index >= 15 is 0 Å². The minimum Gasteiger partial charge on any atom is -0.348 e. The molecule has 0 aliphatic rings. The van der Waals surface area contributed by atoms with E-state index in [0.717, 1.165) is 11.1 Å². The van der Waals surface area contributed by atoms with Crippen LogP contribution in [0.3, 0.4) is 0 Å². The highest BCUT2D eigenvalue weighted by atomic mass is 35.5. The second-order valence-electron chi connectivity index (χ2n) is 7.12. The molecule has 8 heteroatoms. The van der Waals surface area contributed by atoms with E-state index < -0.39 is 5.91 Å². The third kappa shape index (κ3) is 3.64. The minimum absolute atomic E-state index is 0.0473. The Morgan fingerprint density at radius 1 is 1.26 bits per heavy atom. The van der Waals surface area contributed by atoms with Gasteiger partial charge in [-0.25, -0.2) is 4.98 Å². The summed E-state index contributed by atoms with van der Waals surface area (Å²) in [7, 11) is 0. The third-order valence-electron chi connectivity index (χ3n) is 5.09. The number of carbonyl (C=O) groups excluding carboxylic acids is 1. The number of hydrogen-bond acceptors (Lipinski definition) is 4. The van der Waals surface area contributed by atoms with Crippen LogP contribution in [0.4, 0.5) is 0 Å². The largest absolute Gasteiger partial charge is 0.348 e. The number of amides is 1. The lowest BCUT2D eigenvalue weighted by Gasteiger charge is -2.14. The summed E-state index contributed by atoms with van der Waals surface area (Å²) in [5, 5.41) is 12.2. The molecule has 0 bridgehead atoms. The molecule has 0 radical (unpaired) electrons. The minimum atomic E-state index is -0.474. The Morgan fingerprint density at radius 2 is 2.03 bits per heavy atom. The maximum absolute atomic E-state index is 13.2. The quantitative estimate of drug-likeness (QED) is 0.374. The van der Waals surface area contributed by atoms with Crippen molar-refractivity contribution in [2.24, 2.45) is 0 Å². The van der Waals surface area contributed by atoms with Crippen LogP contribution in [0.2, 0.25) is 5.02 Å². The first-order valence-corrected chi connectivity index (χ1v) is 10.0. The van der Waals surface area contributed by atoms with E-state index in [1.807, 2.05) is 31.2 Å². The van der Waals surface area contributed by atoms with Crippen molar-refractivity contribution in [2.45, 2.75) is 20.0 Å². The monoisotopic (exact) mass is 433 g/mol. The van der Waals surface area contributed by atoms with Crippen LogP contribution < -0.4 is 16.4 Å². The van der Waals surface area contributed by atoms with E-state index in [0.29, 0.717) is 16.3 Å². The van der Waals surface area contributed by atoms with Gasteiger partial charge in [0.05, 0.1) is 10.9 Å². The summed E-state index contributed by atoms with van der Waals surface area (Å²) in [5.41, 5.74) is 2.16. The highest BCUT2D eigenvalue weighted by Gasteiger charge is 2.17. The standard InChI is InChI=1S/C23H20ClN5O2/c1-3-10-28-19(25)16(22(30)26-13-15-8-4-5-9-18(15)24)12-17-21(28)27-20-14(2)7-6-11-29(20)23(17)31/h3-9,11-12,25H,1,10,13H2,2H3,(H,26,30). The number of pyridine rings is 2. The molecule has 156 valence electrons. The predicted molar refractivity (Wildman–Crippen MR) is 120 cm³/mol. The Labute approximate surface area is 182 Å². The zero-order valence-corrected chi connectivity index (χ0v) is 17.6. The zero-order valence-electron chi connectivity index (χ0n) is 16.9. The van der Waals surface area contributed by atoms with Crippen molar-refractivity contribution in [1.82, 2.24) is 19.3 Å². The first-order chi connectivity index (χ1) is 14.9. The van der Waals surface area contributed by atoms with Gasteiger partial charge in [0.25, 0.3) is 11.5 Å². The molecule has 0 saturated heterocycles. The highest BCUT2D eigenvalue weighted by molar-refractivity contribution is 6.31. The molecule has 0 saturated carbocycles. The molecular formula is C23H20ClN5O2. The van der Waals surface area contributed by atoms with Crippen LogP contribution in [0.15, 0.2) is 66.1 Å². The summed E-state index contributed by atoms with van der Waals surface area (Å²) in [6, 6.07) is 12.3. The molecule has 4 rings (SSSR count). The number of fused-ring (bicyclic) bond motifs is 2. The number of allylic oxidation sites excluding steroid dienone is 1. The molecule has 0 unspecified atom stereocenters. The number of rotatable bonds is 5. The lowest BCUT2D eigenvalue weighted by molar-refractivity contribution is 0.0948. The van der Waals surface area contributed by atoms with E-state index in [1.165, 1.54) is 15.0 Å².